The van der Waals surface area contributed by atoms with Gasteiger partial charge in [0.2, 0.25) is 0 Å². The molecule has 94 valence electrons. The van der Waals surface area contributed by atoms with Gasteiger partial charge in [-0.25, -0.2) is 4.79 Å². The van der Waals surface area contributed by atoms with Crippen molar-refractivity contribution in [1.29, 1.82) is 0 Å². The predicted molar refractivity (Wildman–Crippen MR) is 53.9 cm³/mol. The van der Waals surface area contributed by atoms with Crippen LogP contribution in [-0.2, 0) is 14.6 Å². The summed E-state index contributed by atoms with van der Waals surface area (Å²) in [4.78, 5) is 19.2. The van der Waals surface area contributed by atoms with Crippen LogP contribution in [0.5, 0.6) is 0 Å². The van der Waals surface area contributed by atoms with Crippen LogP contribution in [0.15, 0.2) is 0 Å². The number of hydrogen-bond acceptors (Lipinski definition) is 7. The Kier molecular flexibility index (Phi) is 8.13. The molecule has 4 N–H and O–H groups in total. The fraction of sp³-hybridized carbons (Fsp3) is 0.875. The highest BCUT2D eigenvalue weighted by atomic mass is 17.2. The van der Waals surface area contributed by atoms with Crippen LogP contribution in [0, 0.1) is 5.92 Å². The number of carbonyl (C=O) groups excluding carboxylic acids is 1. The first kappa shape index (κ1) is 15.3. The molecule has 8 heteroatoms. The normalized spacial score (nSPS) is 14.3. The van der Waals surface area contributed by atoms with E-state index in [0.29, 0.717) is 0 Å². The van der Waals surface area contributed by atoms with Gasteiger partial charge in [0.1, 0.15) is 0 Å². The second-order valence-corrected chi connectivity index (χ2v) is 3.39. The summed E-state index contributed by atoms with van der Waals surface area (Å²) in [5.74, 6) is -1.36. The quantitative estimate of drug-likeness (QED) is 0.226. The maximum atomic E-state index is 10.9. The Morgan fingerprint density at radius 2 is 2.06 bits per heavy atom. The zero-order valence-corrected chi connectivity index (χ0v) is 9.07. The van der Waals surface area contributed by atoms with Crippen LogP contribution in [-0.4, -0.2) is 53.2 Å². The minimum Gasteiger partial charge on any atom is -0.427 e. The van der Waals surface area contributed by atoms with Crippen LogP contribution in [0.3, 0.4) is 0 Å². The van der Waals surface area contributed by atoms with E-state index in [-0.39, 0.29) is 25.8 Å². The van der Waals surface area contributed by atoms with Gasteiger partial charge in [-0.3, -0.25) is 4.89 Å². The van der Waals surface area contributed by atoms with Crippen molar-refractivity contribution in [3.8, 4) is 0 Å². The lowest BCUT2D eigenvalue weighted by Gasteiger charge is -2.19. The zero-order valence-electron chi connectivity index (χ0n) is 9.07. The summed E-state index contributed by atoms with van der Waals surface area (Å²) in [6, 6.07) is 0. The number of aliphatic hydroxyl groups is 2. The first-order valence-electron chi connectivity index (χ1n) is 4.89. The number of hydrogen-bond donors (Lipinski definition) is 4. The third-order valence-electron chi connectivity index (χ3n) is 2.13. The maximum absolute atomic E-state index is 10.9. The van der Waals surface area contributed by atoms with Gasteiger partial charge in [-0.05, 0) is 12.7 Å². The minimum atomic E-state index is -1.49. The van der Waals surface area contributed by atoms with Gasteiger partial charge in [-0.15, -0.1) is 0 Å². The molecule has 0 spiro atoms. The maximum Gasteiger partial charge on any atom is 0.451 e. The van der Waals surface area contributed by atoms with Crippen molar-refractivity contribution in [2.45, 2.75) is 25.3 Å². The minimum absolute atomic E-state index is 0.0155. The van der Waals surface area contributed by atoms with Crippen molar-refractivity contribution in [3.63, 3.8) is 0 Å². The molecule has 0 fully saturated rings. The molecule has 0 amide bonds. The van der Waals surface area contributed by atoms with Crippen LogP contribution in [0.25, 0.3) is 0 Å². The number of aliphatic hydroxyl groups excluding tert-OH is 2. The van der Waals surface area contributed by atoms with Crippen LogP contribution in [0.2, 0.25) is 6.32 Å². The third-order valence-corrected chi connectivity index (χ3v) is 2.13. The highest BCUT2D eigenvalue weighted by molar-refractivity contribution is 6.40. The largest absolute Gasteiger partial charge is 0.451 e. The summed E-state index contributed by atoms with van der Waals surface area (Å²) >= 11 is 0. The highest BCUT2D eigenvalue weighted by Gasteiger charge is 2.24. The van der Waals surface area contributed by atoms with E-state index < -0.39 is 25.1 Å². The van der Waals surface area contributed by atoms with Gasteiger partial charge in [0, 0.05) is 12.5 Å². The molecule has 0 aliphatic rings. The first-order chi connectivity index (χ1) is 7.51. The Morgan fingerprint density at radius 3 is 2.50 bits per heavy atom. The van der Waals surface area contributed by atoms with Crippen LogP contribution < -0.4 is 0 Å². The molecule has 0 saturated heterocycles. The lowest BCUT2D eigenvalue weighted by Crippen LogP contribution is -2.28. The molecule has 0 aliphatic heterocycles. The van der Waals surface area contributed by atoms with E-state index >= 15 is 0 Å². The standard InChI is InChI=1S/C8H17BO7/c1-15-16-8(12)4-7(11)6(5-10)2-3-9(13)14/h6-7,10-11,13-14H,2-5H2,1H3. The molecule has 0 aromatic heterocycles. The van der Waals surface area contributed by atoms with E-state index in [2.05, 4.69) is 9.78 Å². The van der Waals surface area contributed by atoms with Gasteiger partial charge in [-0.1, -0.05) is 0 Å². The highest BCUT2D eigenvalue weighted by Crippen LogP contribution is 2.15. The zero-order chi connectivity index (χ0) is 12.6. The molecular weight excluding hydrogens is 219 g/mol. The van der Waals surface area contributed by atoms with Gasteiger partial charge >= 0.3 is 13.1 Å². The molecule has 2 atom stereocenters. The van der Waals surface area contributed by atoms with Crippen molar-refractivity contribution in [2.75, 3.05) is 13.7 Å². The number of rotatable bonds is 8. The van der Waals surface area contributed by atoms with Gasteiger partial charge in [0.25, 0.3) is 0 Å². The molecule has 0 saturated carbocycles. The van der Waals surface area contributed by atoms with Crippen molar-refractivity contribution >= 4 is 13.1 Å². The third kappa shape index (κ3) is 6.75. The average molecular weight is 236 g/mol. The molecule has 0 aromatic carbocycles. The fourth-order valence-corrected chi connectivity index (χ4v) is 1.23. The molecule has 0 radical (unpaired) electrons. The summed E-state index contributed by atoms with van der Waals surface area (Å²) in [7, 11) is -0.331. The SMILES string of the molecule is COOC(=O)CC(O)C(CO)CCB(O)O. The van der Waals surface area contributed by atoms with E-state index in [4.69, 9.17) is 15.2 Å². The van der Waals surface area contributed by atoms with E-state index in [1.54, 1.807) is 0 Å². The first-order valence-corrected chi connectivity index (χ1v) is 4.89. The Hall–Kier alpha value is -0.665. The Balaban J connectivity index is 3.99. The van der Waals surface area contributed by atoms with Gasteiger partial charge in [-0.2, -0.15) is 4.89 Å². The molecule has 16 heavy (non-hydrogen) atoms. The van der Waals surface area contributed by atoms with E-state index in [0.717, 1.165) is 7.11 Å². The van der Waals surface area contributed by atoms with Crippen molar-refractivity contribution < 1.29 is 34.8 Å². The predicted octanol–water partition coefficient (Wildman–Crippen LogP) is -1.69. The van der Waals surface area contributed by atoms with Crippen LogP contribution in [0.1, 0.15) is 12.8 Å². The Morgan fingerprint density at radius 1 is 1.44 bits per heavy atom. The summed E-state index contributed by atoms with van der Waals surface area (Å²) in [6.45, 7) is -0.353. The second-order valence-electron chi connectivity index (χ2n) is 3.39. The van der Waals surface area contributed by atoms with Crippen molar-refractivity contribution in [2.24, 2.45) is 5.92 Å². The molecule has 0 rings (SSSR count). The lowest BCUT2D eigenvalue weighted by molar-refractivity contribution is -0.256. The summed E-state index contributed by atoms with van der Waals surface area (Å²) in [6.07, 6.45) is -1.22. The van der Waals surface area contributed by atoms with E-state index in [1.807, 2.05) is 0 Å². The van der Waals surface area contributed by atoms with Gasteiger partial charge in [0.05, 0.1) is 19.6 Å². The lowest BCUT2D eigenvalue weighted by atomic mass is 9.79. The Labute approximate surface area is 93.7 Å². The molecule has 0 aromatic rings. The molecular formula is C8H17BO7. The summed E-state index contributed by atoms with van der Waals surface area (Å²) < 4.78 is 0. The van der Waals surface area contributed by atoms with E-state index in [1.165, 1.54) is 0 Å². The van der Waals surface area contributed by atoms with Crippen molar-refractivity contribution in [1.82, 2.24) is 0 Å². The second kappa shape index (κ2) is 8.48. The van der Waals surface area contributed by atoms with Gasteiger partial charge < -0.3 is 20.3 Å². The number of carbonyl (C=O) groups is 1. The Bertz CT molecular complexity index is 199. The molecule has 0 aliphatic carbocycles. The van der Waals surface area contributed by atoms with Crippen molar-refractivity contribution in [3.05, 3.63) is 0 Å². The van der Waals surface area contributed by atoms with Gasteiger partial charge in [0.15, 0.2) is 0 Å². The smallest absolute Gasteiger partial charge is 0.427 e. The molecule has 0 bridgehead atoms. The summed E-state index contributed by atoms with van der Waals surface area (Å²) in [5.41, 5.74) is 0. The molecule has 0 heterocycles. The molecule has 7 nitrogen and oxygen atoms in total. The fourth-order valence-electron chi connectivity index (χ4n) is 1.23. The van der Waals surface area contributed by atoms with Crippen LogP contribution in [0.4, 0.5) is 0 Å². The topological polar surface area (TPSA) is 116 Å². The molecule has 2 unspecified atom stereocenters. The van der Waals surface area contributed by atoms with E-state index in [9.17, 15) is 9.90 Å². The monoisotopic (exact) mass is 236 g/mol. The average Bonchev–Trinajstić information content (AvgIpc) is 2.18. The summed E-state index contributed by atoms with van der Waals surface area (Å²) in [5, 5.41) is 35.7. The van der Waals surface area contributed by atoms with Crippen LogP contribution >= 0.6 is 0 Å².